The summed E-state index contributed by atoms with van der Waals surface area (Å²) in [6.45, 7) is 3.83. The SMILES string of the molecule is COC(=O)c1sc(-c2ccc(-c3cc4ccccc4o3)cc2)nc1NP(=O)(OC)c1ccc(C)cc1C. The second kappa shape index (κ2) is 9.98. The minimum absolute atomic E-state index is 0.151. The zero-order chi connectivity index (χ0) is 26.2. The van der Waals surface area contributed by atoms with Crippen LogP contribution < -0.4 is 10.4 Å². The number of esters is 1. The molecule has 0 fully saturated rings. The van der Waals surface area contributed by atoms with Gasteiger partial charge in [0.25, 0.3) is 0 Å². The van der Waals surface area contributed by atoms with Crippen LogP contribution in [0.1, 0.15) is 20.8 Å². The van der Waals surface area contributed by atoms with E-state index in [-0.39, 0.29) is 10.7 Å². The molecule has 7 nitrogen and oxygen atoms in total. The first kappa shape index (κ1) is 25.0. The molecule has 1 N–H and O–H groups in total. The van der Waals surface area contributed by atoms with Crippen LogP contribution in [-0.2, 0) is 13.8 Å². The zero-order valence-corrected chi connectivity index (χ0v) is 22.5. The van der Waals surface area contributed by atoms with Crippen LogP contribution in [0.5, 0.6) is 0 Å². The number of carbonyl (C=O) groups excluding carboxylic acids is 1. The fourth-order valence-corrected chi connectivity index (χ4v) is 6.80. The van der Waals surface area contributed by atoms with Crippen molar-refractivity contribution in [2.24, 2.45) is 0 Å². The number of thiazole rings is 1. The Morgan fingerprint density at radius 3 is 2.38 bits per heavy atom. The summed E-state index contributed by atoms with van der Waals surface area (Å²) < 4.78 is 30.2. The molecule has 0 saturated heterocycles. The van der Waals surface area contributed by atoms with Crippen LogP contribution >= 0.6 is 18.9 Å². The van der Waals surface area contributed by atoms with Gasteiger partial charge in [0, 0.05) is 23.6 Å². The first-order chi connectivity index (χ1) is 17.8. The van der Waals surface area contributed by atoms with E-state index in [1.807, 2.05) is 80.6 Å². The maximum atomic E-state index is 13.8. The fourth-order valence-electron chi connectivity index (χ4n) is 4.13. The number of fused-ring (bicyclic) bond motifs is 1. The lowest BCUT2D eigenvalue weighted by Gasteiger charge is -2.20. The number of ether oxygens (including phenoxy) is 1. The predicted molar refractivity (Wildman–Crippen MR) is 148 cm³/mol. The number of aromatic nitrogens is 1. The lowest BCUT2D eigenvalue weighted by molar-refractivity contribution is 0.0607. The van der Waals surface area contributed by atoms with Crippen molar-refractivity contribution in [1.29, 1.82) is 0 Å². The lowest BCUT2D eigenvalue weighted by Crippen LogP contribution is -2.17. The Balaban J connectivity index is 1.49. The number of para-hydroxylation sites is 1. The molecule has 0 bridgehead atoms. The fraction of sp³-hybridized carbons (Fsp3) is 0.143. The van der Waals surface area contributed by atoms with Crippen molar-refractivity contribution >= 4 is 46.9 Å². The highest BCUT2D eigenvalue weighted by molar-refractivity contribution is 7.68. The Kier molecular flexibility index (Phi) is 6.73. The highest BCUT2D eigenvalue weighted by atomic mass is 32.1. The topological polar surface area (TPSA) is 90.7 Å². The van der Waals surface area contributed by atoms with Crippen LogP contribution in [0, 0.1) is 13.8 Å². The third kappa shape index (κ3) is 4.83. The molecule has 0 spiro atoms. The number of methoxy groups -OCH3 is 1. The van der Waals surface area contributed by atoms with E-state index in [1.54, 1.807) is 6.07 Å². The van der Waals surface area contributed by atoms with Crippen LogP contribution in [0.3, 0.4) is 0 Å². The molecule has 0 saturated carbocycles. The normalized spacial score (nSPS) is 12.9. The van der Waals surface area contributed by atoms with Crippen molar-refractivity contribution in [2.75, 3.05) is 19.3 Å². The van der Waals surface area contributed by atoms with Crippen LogP contribution in [0.4, 0.5) is 5.82 Å². The summed E-state index contributed by atoms with van der Waals surface area (Å²) in [6.07, 6.45) is 0. The summed E-state index contributed by atoms with van der Waals surface area (Å²) in [7, 11) is -0.907. The van der Waals surface area contributed by atoms with Crippen LogP contribution in [0.2, 0.25) is 0 Å². The van der Waals surface area contributed by atoms with Gasteiger partial charge in [-0.3, -0.25) is 9.65 Å². The van der Waals surface area contributed by atoms with Gasteiger partial charge in [-0.2, -0.15) is 0 Å². The second-order valence-electron chi connectivity index (χ2n) is 8.55. The standard InChI is InChI=1S/C28H25N2O5PS/c1-17-9-14-24(18(2)15-17)36(32,34-4)30-26-25(28(31)33-3)37-27(29-26)20-12-10-19(11-13-20)23-16-21-7-5-6-8-22(21)35-23/h5-16H,1-4H3,(H,30,32). The zero-order valence-electron chi connectivity index (χ0n) is 20.8. The van der Waals surface area contributed by atoms with Gasteiger partial charge in [-0.15, -0.1) is 11.3 Å². The lowest BCUT2D eigenvalue weighted by atomic mass is 10.1. The van der Waals surface area contributed by atoms with E-state index in [0.29, 0.717) is 10.3 Å². The number of hydrogen-bond acceptors (Lipinski definition) is 7. The summed E-state index contributed by atoms with van der Waals surface area (Å²) in [6, 6.07) is 23.1. The minimum Gasteiger partial charge on any atom is -0.465 e. The quantitative estimate of drug-likeness (QED) is 0.175. The molecule has 0 aliphatic heterocycles. The van der Waals surface area contributed by atoms with E-state index < -0.39 is 13.5 Å². The maximum absolute atomic E-state index is 13.8. The maximum Gasteiger partial charge on any atom is 0.351 e. The number of nitrogens with one attached hydrogen (secondary N) is 1. The average molecular weight is 533 g/mol. The van der Waals surface area contributed by atoms with E-state index in [2.05, 4.69) is 10.1 Å². The molecule has 2 heterocycles. The van der Waals surface area contributed by atoms with Crippen LogP contribution in [-0.4, -0.2) is 25.2 Å². The van der Waals surface area contributed by atoms with Gasteiger partial charge in [0.1, 0.15) is 16.4 Å². The van der Waals surface area contributed by atoms with E-state index >= 15 is 0 Å². The third-order valence-electron chi connectivity index (χ3n) is 6.02. The molecule has 3 aromatic carbocycles. The van der Waals surface area contributed by atoms with Crippen molar-refractivity contribution in [3.63, 3.8) is 0 Å². The second-order valence-corrected chi connectivity index (χ2v) is 11.7. The Morgan fingerprint density at radius 2 is 1.70 bits per heavy atom. The highest BCUT2D eigenvalue weighted by Gasteiger charge is 2.31. The molecule has 9 heteroatoms. The molecule has 2 aromatic heterocycles. The molecule has 0 aliphatic carbocycles. The molecular weight excluding hydrogens is 507 g/mol. The molecule has 5 aromatic rings. The van der Waals surface area contributed by atoms with E-state index in [0.717, 1.165) is 50.3 Å². The number of anilines is 1. The first-order valence-corrected chi connectivity index (χ1v) is 14.0. The van der Waals surface area contributed by atoms with Gasteiger partial charge in [-0.1, -0.05) is 60.2 Å². The summed E-state index contributed by atoms with van der Waals surface area (Å²) in [5.41, 5.74) is 4.39. The van der Waals surface area contributed by atoms with Gasteiger partial charge in [0.2, 0.25) is 0 Å². The van der Waals surface area contributed by atoms with Crippen molar-refractivity contribution < 1.29 is 23.0 Å². The van der Waals surface area contributed by atoms with Crippen LogP contribution in [0.25, 0.3) is 32.9 Å². The highest BCUT2D eigenvalue weighted by Crippen LogP contribution is 2.47. The van der Waals surface area contributed by atoms with Gasteiger partial charge in [0.05, 0.1) is 12.4 Å². The molecular formula is C28H25N2O5PS. The molecule has 0 amide bonds. The van der Waals surface area contributed by atoms with Gasteiger partial charge in [0.15, 0.2) is 10.7 Å². The number of rotatable bonds is 7. The molecule has 37 heavy (non-hydrogen) atoms. The Labute approximate surface area is 218 Å². The molecule has 5 rings (SSSR count). The number of carbonyl (C=O) groups is 1. The Hall–Kier alpha value is -3.71. The van der Waals surface area contributed by atoms with Crippen molar-refractivity contribution in [1.82, 2.24) is 4.98 Å². The molecule has 188 valence electrons. The molecule has 1 atom stereocenters. The monoisotopic (exact) mass is 532 g/mol. The molecule has 1 unspecified atom stereocenters. The Morgan fingerprint density at radius 1 is 0.973 bits per heavy atom. The van der Waals surface area contributed by atoms with Gasteiger partial charge in [-0.25, -0.2) is 9.78 Å². The van der Waals surface area contributed by atoms with Gasteiger partial charge in [-0.05, 0) is 37.6 Å². The Bertz CT molecular complexity index is 1620. The predicted octanol–water partition coefficient (Wildman–Crippen LogP) is 7.20. The van der Waals surface area contributed by atoms with E-state index in [4.69, 9.17) is 13.7 Å². The number of aryl methyl sites for hydroxylation is 2. The smallest absolute Gasteiger partial charge is 0.351 e. The molecule has 0 radical (unpaired) electrons. The van der Waals surface area contributed by atoms with Gasteiger partial charge < -0.3 is 13.7 Å². The number of furan rings is 1. The van der Waals surface area contributed by atoms with Crippen molar-refractivity contribution in [3.8, 4) is 21.9 Å². The summed E-state index contributed by atoms with van der Waals surface area (Å²) in [4.78, 5) is 17.4. The summed E-state index contributed by atoms with van der Waals surface area (Å²) in [5.74, 6) is 0.339. The molecule has 0 aliphatic rings. The van der Waals surface area contributed by atoms with Crippen LogP contribution in [0.15, 0.2) is 77.2 Å². The largest absolute Gasteiger partial charge is 0.465 e. The first-order valence-electron chi connectivity index (χ1n) is 11.5. The van der Waals surface area contributed by atoms with E-state index in [9.17, 15) is 9.36 Å². The summed E-state index contributed by atoms with van der Waals surface area (Å²) in [5, 5.41) is 5.04. The number of hydrogen-bond donors (Lipinski definition) is 1. The number of nitrogens with zero attached hydrogens (tertiary/aromatic N) is 1. The minimum atomic E-state index is -3.58. The number of benzene rings is 3. The van der Waals surface area contributed by atoms with Crippen molar-refractivity contribution in [2.45, 2.75) is 13.8 Å². The summed E-state index contributed by atoms with van der Waals surface area (Å²) >= 11 is 1.16. The van der Waals surface area contributed by atoms with Gasteiger partial charge >= 0.3 is 13.5 Å². The van der Waals surface area contributed by atoms with Crippen molar-refractivity contribution in [3.05, 3.63) is 88.8 Å². The van der Waals surface area contributed by atoms with E-state index in [1.165, 1.54) is 14.2 Å². The average Bonchev–Trinajstić information content (AvgIpc) is 3.52. The third-order valence-corrected chi connectivity index (χ3v) is 9.26.